The minimum Gasteiger partial charge on any atom is -0.345 e. The van der Waals surface area contributed by atoms with E-state index in [1.54, 1.807) is 0 Å². The molecule has 3 nitrogen and oxygen atoms in total. The molecule has 1 atom stereocenters. The Morgan fingerprint density at radius 1 is 1.50 bits per heavy atom. The van der Waals surface area contributed by atoms with Crippen molar-refractivity contribution in [2.45, 2.75) is 39.5 Å². The second kappa shape index (κ2) is 5.67. The van der Waals surface area contributed by atoms with Crippen LogP contribution in [0.5, 0.6) is 0 Å². The van der Waals surface area contributed by atoms with E-state index < -0.39 is 0 Å². The van der Waals surface area contributed by atoms with Crippen molar-refractivity contribution < 1.29 is 4.79 Å². The molecule has 1 amide bonds. The molecule has 0 aromatic rings. The molecule has 3 heteroatoms. The van der Waals surface area contributed by atoms with Crippen LogP contribution < -0.4 is 5.32 Å². The summed E-state index contributed by atoms with van der Waals surface area (Å²) in [6, 6.07) is 0. The Morgan fingerprint density at radius 3 is 2.69 bits per heavy atom. The lowest BCUT2D eigenvalue weighted by Gasteiger charge is -2.30. The zero-order valence-corrected chi connectivity index (χ0v) is 11.2. The topological polar surface area (TPSA) is 32.3 Å². The Hall–Kier alpha value is -0.570. The summed E-state index contributed by atoms with van der Waals surface area (Å²) >= 11 is 0. The van der Waals surface area contributed by atoms with Gasteiger partial charge in [0.2, 0.25) is 5.91 Å². The van der Waals surface area contributed by atoms with E-state index in [1.165, 1.54) is 12.8 Å². The summed E-state index contributed by atoms with van der Waals surface area (Å²) < 4.78 is 0. The summed E-state index contributed by atoms with van der Waals surface area (Å²) in [6.07, 6.45) is 4.50. The summed E-state index contributed by atoms with van der Waals surface area (Å²) in [4.78, 5) is 14.2. The van der Waals surface area contributed by atoms with E-state index in [0.717, 1.165) is 25.9 Å². The van der Waals surface area contributed by atoms with Crippen molar-refractivity contribution in [3.8, 4) is 0 Å². The monoisotopic (exact) mass is 226 g/mol. The van der Waals surface area contributed by atoms with Crippen LogP contribution in [0.2, 0.25) is 0 Å². The zero-order valence-electron chi connectivity index (χ0n) is 11.2. The number of hydrogen-bond acceptors (Lipinski definition) is 2. The summed E-state index contributed by atoms with van der Waals surface area (Å²) in [5, 5.41) is 3.11. The lowest BCUT2D eigenvalue weighted by Crippen LogP contribution is -2.38. The van der Waals surface area contributed by atoms with Crippen LogP contribution in [0, 0.1) is 11.3 Å². The van der Waals surface area contributed by atoms with E-state index in [2.05, 4.69) is 19.2 Å². The molecule has 1 N–H and O–H groups in total. The molecule has 1 rings (SSSR count). The maximum atomic E-state index is 12.3. The van der Waals surface area contributed by atoms with Crippen LogP contribution in [0.25, 0.3) is 0 Å². The normalized spacial score (nSPS) is 23.4. The summed E-state index contributed by atoms with van der Waals surface area (Å²) in [5.74, 6) is 0.589. The average molecular weight is 226 g/mol. The van der Waals surface area contributed by atoms with Crippen LogP contribution in [0.3, 0.4) is 0 Å². The molecule has 16 heavy (non-hydrogen) atoms. The van der Waals surface area contributed by atoms with Gasteiger partial charge in [-0.05, 0) is 38.3 Å². The van der Waals surface area contributed by atoms with E-state index in [9.17, 15) is 4.79 Å². The van der Waals surface area contributed by atoms with Gasteiger partial charge in [-0.3, -0.25) is 4.79 Å². The van der Waals surface area contributed by atoms with Crippen molar-refractivity contribution in [1.29, 1.82) is 0 Å². The van der Waals surface area contributed by atoms with Crippen LogP contribution >= 0.6 is 0 Å². The Labute approximate surface area is 99.6 Å². The van der Waals surface area contributed by atoms with Gasteiger partial charge in [0.15, 0.2) is 0 Å². The molecular weight excluding hydrogens is 200 g/mol. The standard InChI is InChI=1S/C13H26N2O/c1-13(2)8-5-7-11(13)12(16)15(4)10-6-9-14-3/h11,14H,5-10H2,1-4H3. The van der Waals surface area contributed by atoms with Gasteiger partial charge in [0.25, 0.3) is 0 Å². The van der Waals surface area contributed by atoms with Crippen molar-refractivity contribution in [1.82, 2.24) is 10.2 Å². The number of amides is 1. The first-order valence-electron chi connectivity index (χ1n) is 6.38. The minimum absolute atomic E-state index is 0.203. The number of carbonyl (C=O) groups is 1. The average Bonchev–Trinajstić information content (AvgIpc) is 2.57. The van der Waals surface area contributed by atoms with E-state index in [4.69, 9.17) is 0 Å². The molecule has 1 unspecified atom stereocenters. The number of nitrogens with zero attached hydrogens (tertiary/aromatic N) is 1. The first-order chi connectivity index (χ1) is 7.49. The van der Waals surface area contributed by atoms with E-state index in [0.29, 0.717) is 5.91 Å². The fourth-order valence-corrected chi connectivity index (χ4v) is 2.65. The van der Waals surface area contributed by atoms with Gasteiger partial charge >= 0.3 is 0 Å². The van der Waals surface area contributed by atoms with E-state index in [1.807, 2.05) is 19.0 Å². The molecule has 0 heterocycles. The Kier molecular flexibility index (Phi) is 4.78. The van der Waals surface area contributed by atoms with E-state index in [-0.39, 0.29) is 11.3 Å². The van der Waals surface area contributed by atoms with Gasteiger partial charge in [0.05, 0.1) is 0 Å². The summed E-state index contributed by atoms with van der Waals surface area (Å²) in [7, 11) is 3.88. The predicted molar refractivity (Wildman–Crippen MR) is 67.3 cm³/mol. The number of carbonyl (C=O) groups excluding carboxylic acids is 1. The van der Waals surface area contributed by atoms with Crippen LogP contribution in [0.4, 0.5) is 0 Å². The van der Waals surface area contributed by atoms with Crippen molar-refractivity contribution in [2.24, 2.45) is 11.3 Å². The quantitative estimate of drug-likeness (QED) is 0.726. The van der Waals surface area contributed by atoms with Crippen molar-refractivity contribution in [3.63, 3.8) is 0 Å². The van der Waals surface area contributed by atoms with Gasteiger partial charge in [-0.1, -0.05) is 20.3 Å². The van der Waals surface area contributed by atoms with Gasteiger partial charge in [-0.2, -0.15) is 0 Å². The molecule has 0 spiro atoms. The Balaban J connectivity index is 2.44. The predicted octanol–water partition coefficient (Wildman–Crippen LogP) is 1.88. The highest BCUT2D eigenvalue weighted by atomic mass is 16.2. The minimum atomic E-state index is 0.203. The van der Waals surface area contributed by atoms with Crippen LogP contribution in [0.15, 0.2) is 0 Å². The third kappa shape index (κ3) is 3.21. The maximum Gasteiger partial charge on any atom is 0.225 e. The SMILES string of the molecule is CNCCCN(C)C(=O)C1CCCC1(C)C. The smallest absolute Gasteiger partial charge is 0.225 e. The van der Waals surface area contributed by atoms with Gasteiger partial charge in [-0.15, -0.1) is 0 Å². The molecule has 0 radical (unpaired) electrons. The van der Waals surface area contributed by atoms with Crippen molar-refractivity contribution in [2.75, 3.05) is 27.2 Å². The summed E-state index contributed by atoms with van der Waals surface area (Å²) in [5.41, 5.74) is 0.203. The van der Waals surface area contributed by atoms with Gasteiger partial charge in [0.1, 0.15) is 0 Å². The zero-order chi connectivity index (χ0) is 12.2. The van der Waals surface area contributed by atoms with Gasteiger partial charge in [0, 0.05) is 19.5 Å². The molecule has 1 saturated carbocycles. The van der Waals surface area contributed by atoms with Crippen molar-refractivity contribution >= 4 is 5.91 Å². The third-order valence-corrected chi connectivity index (χ3v) is 3.85. The lowest BCUT2D eigenvalue weighted by molar-refractivity contribution is -0.137. The Bertz CT molecular complexity index is 238. The van der Waals surface area contributed by atoms with Crippen LogP contribution in [-0.4, -0.2) is 38.0 Å². The molecule has 0 bridgehead atoms. The van der Waals surface area contributed by atoms with Crippen molar-refractivity contribution in [3.05, 3.63) is 0 Å². The molecule has 1 fully saturated rings. The molecule has 1 aliphatic carbocycles. The molecule has 0 aliphatic heterocycles. The van der Waals surface area contributed by atoms with Gasteiger partial charge < -0.3 is 10.2 Å². The molecule has 94 valence electrons. The van der Waals surface area contributed by atoms with Gasteiger partial charge in [-0.25, -0.2) is 0 Å². The van der Waals surface area contributed by atoms with E-state index >= 15 is 0 Å². The third-order valence-electron chi connectivity index (χ3n) is 3.85. The molecule has 0 aromatic carbocycles. The highest BCUT2D eigenvalue weighted by Crippen LogP contribution is 2.43. The van der Waals surface area contributed by atoms with Crippen LogP contribution in [0.1, 0.15) is 39.5 Å². The fraction of sp³-hybridized carbons (Fsp3) is 0.923. The van der Waals surface area contributed by atoms with Crippen LogP contribution in [-0.2, 0) is 4.79 Å². The molecule has 0 aromatic heterocycles. The molecule has 1 aliphatic rings. The first-order valence-corrected chi connectivity index (χ1v) is 6.38. The molecular formula is C13H26N2O. The number of hydrogen-bond donors (Lipinski definition) is 1. The first kappa shape index (κ1) is 13.5. The second-order valence-corrected chi connectivity index (χ2v) is 5.65. The lowest BCUT2D eigenvalue weighted by atomic mass is 9.81. The number of nitrogens with one attached hydrogen (secondary N) is 1. The highest BCUT2D eigenvalue weighted by molar-refractivity contribution is 5.79. The Morgan fingerprint density at radius 2 is 2.19 bits per heavy atom. The fourth-order valence-electron chi connectivity index (χ4n) is 2.65. The largest absolute Gasteiger partial charge is 0.345 e. The number of rotatable bonds is 5. The summed E-state index contributed by atoms with van der Waals surface area (Å²) in [6.45, 7) is 6.30. The maximum absolute atomic E-state index is 12.3. The highest BCUT2D eigenvalue weighted by Gasteiger charge is 2.40. The molecule has 0 saturated heterocycles. The second-order valence-electron chi connectivity index (χ2n) is 5.65.